The molecule has 236 valence electrons. The van der Waals surface area contributed by atoms with Crippen LogP contribution in [0.15, 0.2) is 175 Å². The van der Waals surface area contributed by atoms with Crippen LogP contribution in [0.1, 0.15) is 0 Å². The Balaban J connectivity index is 1.18. The molecule has 11 heteroatoms. The molecule has 47 heavy (non-hydrogen) atoms. The number of benzene rings is 6. The van der Waals surface area contributed by atoms with Crippen LogP contribution >= 0.6 is 43.1 Å². The van der Waals surface area contributed by atoms with Crippen molar-refractivity contribution in [2.45, 2.75) is 29.4 Å². The summed E-state index contributed by atoms with van der Waals surface area (Å²) in [5.41, 5.74) is 0. The van der Waals surface area contributed by atoms with E-state index in [4.69, 9.17) is 13.6 Å². The van der Waals surface area contributed by atoms with Crippen LogP contribution < -0.4 is 13.6 Å². The van der Waals surface area contributed by atoms with Gasteiger partial charge in [0.05, 0.1) is 0 Å². The van der Waals surface area contributed by atoms with Crippen LogP contribution in [-0.2, 0) is 4.57 Å². The van der Waals surface area contributed by atoms with Crippen molar-refractivity contribution in [3.05, 3.63) is 146 Å². The Kier molecular flexibility index (Phi) is 10.2. The Morgan fingerprint density at radius 1 is 0.340 bits per heavy atom. The fourth-order valence-electron chi connectivity index (χ4n) is 4.10. The lowest BCUT2D eigenvalue weighted by atomic mass is 10.3. The van der Waals surface area contributed by atoms with E-state index in [0.717, 1.165) is 29.4 Å². The minimum absolute atomic E-state index is 0.199. The quantitative estimate of drug-likeness (QED) is 0.107. The molecule has 6 aromatic carbocycles. The molecule has 0 unspecified atom stereocenters. The first-order chi connectivity index (χ1) is 22.8. The highest BCUT2D eigenvalue weighted by atomic mass is 32.2. The predicted octanol–water partition coefficient (Wildman–Crippen LogP) is 10.9. The van der Waals surface area contributed by atoms with Crippen molar-refractivity contribution >= 4 is 43.1 Å². The van der Waals surface area contributed by atoms with E-state index in [1.807, 2.05) is 72.8 Å². The highest BCUT2D eigenvalue weighted by Crippen LogP contribution is 2.50. The second kappa shape index (κ2) is 14.9. The average Bonchev–Trinajstić information content (AvgIpc) is 3.07. The average molecular weight is 699 g/mol. The van der Waals surface area contributed by atoms with E-state index in [0.29, 0.717) is 17.2 Å². The van der Waals surface area contributed by atoms with Crippen molar-refractivity contribution < 1.29 is 33.5 Å². The van der Waals surface area contributed by atoms with E-state index in [2.05, 4.69) is 0 Å². The van der Waals surface area contributed by atoms with Gasteiger partial charge in [0.2, 0.25) is 0 Å². The van der Waals surface area contributed by atoms with Crippen molar-refractivity contribution in [2.24, 2.45) is 0 Å². The first-order valence-corrected chi connectivity index (χ1v) is 18.1. The van der Waals surface area contributed by atoms with Gasteiger partial charge in [-0.3, -0.25) is 0 Å². The van der Waals surface area contributed by atoms with Crippen molar-refractivity contribution in [1.82, 2.24) is 0 Å². The number of rotatable bonds is 12. The lowest BCUT2D eigenvalue weighted by Gasteiger charge is -2.20. The third-order valence-corrected chi connectivity index (χ3v) is 10.7. The zero-order valence-electron chi connectivity index (χ0n) is 24.5. The molecule has 0 spiro atoms. The molecule has 0 aromatic heterocycles. The lowest BCUT2D eigenvalue weighted by molar-refractivity contribution is 0.298. The van der Waals surface area contributed by atoms with Crippen LogP contribution in [0.4, 0.5) is 0 Å². The molecule has 0 heterocycles. The maximum absolute atomic E-state index is 14.2. The van der Waals surface area contributed by atoms with E-state index >= 15 is 0 Å². The van der Waals surface area contributed by atoms with E-state index < -0.39 is 7.82 Å². The van der Waals surface area contributed by atoms with Gasteiger partial charge in [-0.15, -0.1) is 0 Å². The molecule has 6 rings (SSSR count). The standard InChI is InChI=1S/C36H27O7PS3/c37-25-1-13-31(14-2-25)45-34-19-7-28(8-20-34)41-44(40,42-29-9-21-35(22-10-29)46-32-15-3-26(38)4-16-32)43-30-11-23-36(24-12-30)47-33-17-5-27(39)6-18-33/h1-24,37-39H. The maximum atomic E-state index is 14.2. The Bertz CT molecular complexity index is 1720. The Morgan fingerprint density at radius 3 is 0.745 bits per heavy atom. The molecule has 0 fully saturated rings. The number of phenolic OH excluding ortho intramolecular Hbond substituents is 3. The molecule has 0 saturated carbocycles. The molecule has 6 aromatic rings. The van der Waals surface area contributed by atoms with Crippen LogP contribution in [-0.4, -0.2) is 15.3 Å². The molecule has 0 saturated heterocycles. The lowest BCUT2D eigenvalue weighted by Crippen LogP contribution is -2.07. The van der Waals surface area contributed by atoms with E-state index in [1.165, 1.54) is 35.3 Å². The van der Waals surface area contributed by atoms with Gasteiger partial charge >= 0.3 is 7.82 Å². The van der Waals surface area contributed by atoms with Gasteiger partial charge in [-0.05, 0) is 146 Å². The van der Waals surface area contributed by atoms with Gasteiger partial charge in [-0.25, -0.2) is 0 Å². The summed E-state index contributed by atoms with van der Waals surface area (Å²) in [5.74, 6) is 1.48. The molecule has 0 aliphatic heterocycles. The summed E-state index contributed by atoms with van der Waals surface area (Å²) in [4.78, 5) is 5.61. The summed E-state index contributed by atoms with van der Waals surface area (Å²) in [6.07, 6.45) is 0. The highest BCUT2D eigenvalue weighted by molar-refractivity contribution is 7.99. The summed E-state index contributed by atoms with van der Waals surface area (Å²) < 4.78 is 31.9. The van der Waals surface area contributed by atoms with E-state index in [-0.39, 0.29) is 17.2 Å². The van der Waals surface area contributed by atoms with Crippen LogP contribution in [0.25, 0.3) is 0 Å². The van der Waals surface area contributed by atoms with Crippen molar-refractivity contribution in [1.29, 1.82) is 0 Å². The minimum atomic E-state index is -4.25. The number of hydrogen-bond acceptors (Lipinski definition) is 10. The normalized spacial score (nSPS) is 11.1. The number of aromatic hydroxyl groups is 3. The number of phosphoric acid groups is 1. The van der Waals surface area contributed by atoms with Gasteiger partial charge in [0.15, 0.2) is 0 Å². The van der Waals surface area contributed by atoms with Gasteiger partial charge in [-0.1, -0.05) is 35.3 Å². The topological polar surface area (TPSA) is 105 Å². The maximum Gasteiger partial charge on any atom is 0.647 e. The molecule has 0 atom stereocenters. The highest BCUT2D eigenvalue weighted by Gasteiger charge is 2.33. The van der Waals surface area contributed by atoms with Crippen LogP contribution in [0.5, 0.6) is 34.5 Å². The summed E-state index contributed by atoms with van der Waals surface area (Å²) in [6.45, 7) is 0. The van der Waals surface area contributed by atoms with Crippen LogP contribution in [0, 0.1) is 0 Å². The van der Waals surface area contributed by atoms with Gasteiger partial charge in [0.25, 0.3) is 0 Å². The monoisotopic (exact) mass is 698 g/mol. The second-order valence-corrected chi connectivity index (χ2v) is 14.8. The number of hydrogen-bond donors (Lipinski definition) is 3. The van der Waals surface area contributed by atoms with E-state index in [9.17, 15) is 19.9 Å². The SMILES string of the molecule is O=P(Oc1ccc(Sc2ccc(O)cc2)cc1)(Oc1ccc(Sc2ccc(O)cc2)cc1)Oc1ccc(Sc2ccc(O)cc2)cc1. The Hall–Kier alpha value is -4.60. The zero-order valence-corrected chi connectivity index (χ0v) is 27.8. The van der Waals surface area contributed by atoms with Crippen molar-refractivity contribution in [3.8, 4) is 34.5 Å². The molecule has 0 aliphatic carbocycles. The molecule has 0 aliphatic rings. The largest absolute Gasteiger partial charge is 0.647 e. The van der Waals surface area contributed by atoms with Crippen molar-refractivity contribution in [2.75, 3.05) is 0 Å². The Morgan fingerprint density at radius 2 is 0.532 bits per heavy atom. The van der Waals surface area contributed by atoms with Gasteiger partial charge < -0.3 is 28.9 Å². The molecule has 0 bridgehead atoms. The number of phenols is 3. The van der Waals surface area contributed by atoms with Crippen molar-refractivity contribution in [3.63, 3.8) is 0 Å². The summed E-state index contributed by atoms with van der Waals surface area (Å²) in [6, 6.07) is 41.9. The predicted molar refractivity (Wildman–Crippen MR) is 186 cm³/mol. The van der Waals surface area contributed by atoms with Crippen LogP contribution in [0.3, 0.4) is 0 Å². The third-order valence-electron chi connectivity index (χ3n) is 6.34. The van der Waals surface area contributed by atoms with Gasteiger partial charge in [0, 0.05) is 29.4 Å². The molecule has 3 N–H and O–H groups in total. The summed E-state index contributed by atoms with van der Waals surface area (Å²) >= 11 is 4.52. The van der Waals surface area contributed by atoms with Gasteiger partial charge in [0.1, 0.15) is 34.5 Å². The molecule has 7 nitrogen and oxygen atoms in total. The van der Waals surface area contributed by atoms with E-state index in [1.54, 1.807) is 72.8 Å². The second-order valence-electron chi connectivity index (χ2n) is 9.92. The van der Waals surface area contributed by atoms with Crippen LogP contribution in [0.2, 0.25) is 0 Å². The third kappa shape index (κ3) is 9.47. The first kappa shape index (κ1) is 32.3. The fraction of sp³-hybridized carbons (Fsp3) is 0. The van der Waals surface area contributed by atoms with Gasteiger partial charge in [-0.2, -0.15) is 4.57 Å². The zero-order chi connectivity index (χ0) is 32.6. The fourth-order valence-corrected chi connectivity index (χ4v) is 7.80. The first-order valence-electron chi connectivity index (χ1n) is 14.2. The Labute approximate surface area is 284 Å². The molecule has 0 amide bonds. The molecular weight excluding hydrogens is 672 g/mol. The molecular formula is C36H27O7PS3. The minimum Gasteiger partial charge on any atom is -0.508 e. The smallest absolute Gasteiger partial charge is 0.508 e. The molecule has 0 radical (unpaired) electrons. The number of phosphoric ester groups is 1. The summed E-state index contributed by atoms with van der Waals surface area (Å²) in [7, 11) is -4.25. The summed E-state index contributed by atoms with van der Waals surface area (Å²) in [5, 5.41) is 28.6.